The summed E-state index contributed by atoms with van der Waals surface area (Å²) in [5.41, 5.74) is 0.947. The molecule has 12 heteroatoms. The van der Waals surface area contributed by atoms with Crippen molar-refractivity contribution in [2.24, 2.45) is 5.92 Å². The van der Waals surface area contributed by atoms with Gasteiger partial charge in [0.25, 0.3) is 11.8 Å². The van der Waals surface area contributed by atoms with Gasteiger partial charge in [-0.1, -0.05) is 6.92 Å². The third kappa shape index (κ3) is 9.40. The quantitative estimate of drug-likeness (QED) is 0.502. The number of rotatable bonds is 7. The number of benzene rings is 1. The molecule has 3 rings (SSSR count). The van der Waals surface area contributed by atoms with Crippen LogP contribution in [0.4, 0.5) is 5.69 Å². The monoisotopic (exact) mass is 590 g/mol. The zero-order valence-electron chi connectivity index (χ0n) is 24.4. The highest BCUT2D eigenvalue weighted by molar-refractivity contribution is 7.92. The number of sulfonamides is 1. The molecule has 2 heterocycles. The van der Waals surface area contributed by atoms with E-state index in [0.29, 0.717) is 24.5 Å². The maximum atomic E-state index is 14.0. The molecule has 0 fully saturated rings. The summed E-state index contributed by atoms with van der Waals surface area (Å²) in [5.74, 6) is -0.444. The van der Waals surface area contributed by atoms with Crippen molar-refractivity contribution in [2.45, 2.75) is 58.3 Å². The van der Waals surface area contributed by atoms with E-state index in [4.69, 9.17) is 9.47 Å². The Morgan fingerprint density at radius 2 is 1.93 bits per heavy atom. The van der Waals surface area contributed by atoms with Crippen LogP contribution < -0.4 is 9.46 Å². The lowest BCUT2D eigenvalue weighted by Crippen LogP contribution is -2.48. The van der Waals surface area contributed by atoms with Gasteiger partial charge in [-0.15, -0.1) is 0 Å². The summed E-state index contributed by atoms with van der Waals surface area (Å²) in [5, 5.41) is 10.1. The lowest BCUT2D eigenvalue weighted by Gasteiger charge is -2.36. The molecular formula is C29H42N4O7S. The third-order valence-electron chi connectivity index (χ3n) is 7.08. The van der Waals surface area contributed by atoms with Crippen molar-refractivity contribution in [1.82, 2.24) is 14.8 Å². The highest BCUT2D eigenvalue weighted by atomic mass is 32.2. The Kier molecular flexibility index (Phi) is 11.5. The van der Waals surface area contributed by atoms with Crippen molar-refractivity contribution >= 4 is 27.5 Å². The van der Waals surface area contributed by atoms with Crippen LogP contribution in [0.5, 0.6) is 5.75 Å². The number of fused-ring (bicyclic) bond motifs is 1. The number of anilines is 1. The predicted molar refractivity (Wildman–Crippen MR) is 157 cm³/mol. The van der Waals surface area contributed by atoms with Crippen molar-refractivity contribution in [3.8, 4) is 5.75 Å². The molecule has 2 N–H and O–H groups in total. The first-order chi connectivity index (χ1) is 19.4. The molecule has 41 heavy (non-hydrogen) atoms. The largest absolute Gasteiger partial charge is 0.490 e. The van der Waals surface area contributed by atoms with Crippen LogP contribution in [0.3, 0.4) is 0 Å². The van der Waals surface area contributed by atoms with Gasteiger partial charge in [0.2, 0.25) is 10.0 Å². The molecule has 226 valence electrons. The molecule has 2 aromatic rings. The van der Waals surface area contributed by atoms with E-state index in [2.05, 4.69) is 9.71 Å². The Morgan fingerprint density at radius 1 is 1.22 bits per heavy atom. The molecule has 0 bridgehead atoms. The summed E-state index contributed by atoms with van der Waals surface area (Å²) >= 11 is 0. The fourth-order valence-corrected chi connectivity index (χ4v) is 5.29. The van der Waals surface area contributed by atoms with Crippen LogP contribution in [0.2, 0.25) is 0 Å². The topological polar surface area (TPSA) is 138 Å². The summed E-state index contributed by atoms with van der Waals surface area (Å²) in [6.07, 6.45) is 5.93. The van der Waals surface area contributed by atoms with Crippen molar-refractivity contribution in [2.75, 3.05) is 44.3 Å². The van der Waals surface area contributed by atoms with E-state index in [-0.39, 0.29) is 48.4 Å². The summed E-state index contributed by atoms with van der Waals surface area (Å²) in [6.45, 7) is 6.34. The van der Waals surface area contributed by atoms with Crippen LogP contribution in [0, 0.1) is 5.92 Å². The zero-order valence-corrected chi connectivity index (χ0v) is 25.3. The van der Waals surface area contributed by atoms with Crippen LogP contribution in [-0.4, -0.2) is 98.0 Å². The number of hydrogen-bond acceptors (Lipinski definition) is 8. The number of aliphatic hydroxyl groups excluding tert-OH is 1. The number of amides is 2. The number of hydrogen-bond donors (Lipinski definition) is 2. The number of carbonyl (C=O) groups is 2. The number of likely N-dealkylation sites (N-methyl/N-ethyl adjacent to an activating group) is 1. The minimum Gasteiger partial charge on any atom is -0.490 e. The minimum atomic E-state index is -3.58. The number of pyridine rings is 1. The van der Waals surface area contributed by atoms with Crippen LogP contribution in [0.15, 0.2) is 42.7 Å². The van der Waals surface area contributed by atoms with Gasteiger partial charge in [0.1, 0.15) is 5.75 Å². The van der Waals surface area contributed by atoms with Gasteiger partial charge in [-0.3, -0.25) is 19.3 Å². The molecular weight excluding hydrogens is 548 g/mol. The van der Waals surface area contributed by atoms with E-state index in [1.165, 1.54) is 6.07 Å². The Labute approximate surface area is 242 Å². The lowest BCUT2D eigenvalue weighted by atomic mass is 10.0. The average Bonchev–Trinajstić information content (AvgIpc) is 2.93. The Hall–Kier alpha value is -3.22. The molecule has 2 amide bonds. The molecule has 1 aromatic heterocycles. The molecule has 0 aliphatic carbocycles. The molecule has 1 aliphatic rings. The third-order valence-corrected chi connectivity index (χ3v) is 7.69. The maximum Gasteiger partial charge on any atom is 0.258 e. The number of nitrogens with one attached hydrogen (secondary N) is 1. The van der Waals surface area contributed by atoms with Gasteiger partial charge in [-0.25, -0.2) is 8.42 Å². The van der Waals surface area contributed by atoms with Crippen LogP contribution in [-0.2, 0) is 14.8 Å². The van der Waals surface area contributed by atoms with Crippen LogP contribution in [0.1, 0.15) is 60.7 Å². The smallest absolute Gasteiger partial charge is 0.258 e. The van der Waals surface area contributed by atoms with Crippen LogP contribution >= 0.6 is 0 Å². The number of carbonyl (C=O) groups excluding carboxylic acids is 2. The summed E-state index contributed by atoms with van der Waals surface area (Å²) in [7, 11) is -1.86. The summed E-state index contributed by atoms with van der Waals surface area (Å²) in [4.78, 5) is 34.2. The normalized spacial score (nSPS) is 21.7. The fraction of sp³-hybridized carbons (Fsp3) is 0.552. The summed E-state index contributed by atoms with van der Waals surface area (Å²) in [6, 6.07) is 7.40. The van der Waals surface area contributed by atoms with Crippen molar-refractivity contribution in [3.63, 3.8) is 0 Å². The SMILES string of the molecule is C[C@H]1CCCCO[C@@H](CN(C)C(=O)c2ccncc2)[C@@H](C)CN([C@@H](C)CO)C(=O)c2cc(NS(C)(=O)=O)ccc2O1. The summed E-state index contributed by atoms with van der Waals surface area (Å²) < 4.78 is 38.7. The minimum absolute atomic E-state index is 0.162. The van der Waals surface area contributed by atoms with Crippen molar-refractivity contribution in [3.05, 3.63) is 53.9 Å². The molecule has 11 nitrogen and oxygen atoms in total. The van der Waals surface area contributed by atoms with Crippen molar-refractivity contribution in [1.29, 1.82) is 0 Å². The lowest BCUT2D eigenvalue weighted by molar-refractivity contribution is -0.0149. The second-order valence-electron chi connectivity index (χ2n) is 10.8. The Morgan fingerprint density at radius 3 is 2.59 bits per heavy atom. The molecule has 1 aromatic carbocycles. The molecule has 0 radical (unpaired) electrons. The highest BCUT2D eigenvalue weighted by Crippen LogP contribution is 2.29. The number of ether oxygens (including phenoxy) is 2. The number of nitrogens with zero attached hydrogens (tertiary/aromatic N) is 3. The molecule has 4 atom stereocenters. The zero-order chi connectivity index (χ0) is 30.2. The van der Waals surface area contributed by atoms with Gasteiger partial charge in [-0.2, -0.15) is 0 Å². The van der Waals surface area contributed by atoms with E-state index in [1.54, 1.807) is 60.4 Å². The van der Waals surface area contributed by atoms with Crippen LogP contribution in [0.25, 0.3) is 0 Å². The van der Waals surface area contributed by atoms with Gasteiger partial charge < -0.3 is 24.4 Å². The first-order valence-electron chi connectivity index (χ1n) is 13.9. The van der Waals surface area contributed by atoms with E-state index < -0.39 is 22.0 Å². The molecule has 1 aliphatic heterocycles. The van der Waals surface area contributed by atoms with Gasteiger partial charge in [-0.05, 0) is 63.4 Å². The Balaban J connectivity index is 1.95. The van der Waals surface area contributed by atoms with E-state index >= 15 is 0 Å². The predicted octanol–water partition coefficient (Wildman–Crippen LogP) is 3.02. The Bertz CT molecular complexity index is 1280. The first kappa shape index (κ1) is 32.3. The number of aliphatic hydroxyl groups is 1. The molecule has 0 saturated carbocycles. The highest BCUT2D eigenvalue weighted by Gasteiger charge is 2.31. The first-order valence-corrected chi connectivity index (χ1v) is 15.8. The van der Waals surface area contributed by atoms with E-state index in [1.807, 2.05) is 13.8 Å². The fourth-order valence-electron chi connectivity index (χ4n) is 4.73. The standard InChI is InChI=1S/C29H42N4O7S/c1-20-17-33(21(2)19-34)29(36)25-16-24(31-41(5,37)38)9-10-26(25)40-22(3)8-6-7-15-39-27(20)18-32(4)28(35)23-11-13-30-14-12-23/h9-14,16,20-22,27,31,34H,6-8,15,17-19H2,1-5H3/t20-,21-,22-,27-/m0/s1. The van der Waals surface area contributed by atoms with E-state index in [9.17, 15) is 23.1 Å². The molecule has 0 unspecified atom stereocenters. The maximum absolute atomic E-state index is 14.0. The van der Waals surface area contributed by atoms with Gasteiger partial charge in [0, 0.05) is 56.3 Å². The average molecular weight is 591 g/mol. The number of aromatic nitrogens is 1. The molecule has 0 spiro atoms. The van der Waals surface area contributed by atoms with Gasteiger partial charge in [0.05, 0.1) is 36.7 Å². The second-order valence-corrected chi connectivity index (χ2v) is 12.6. The van der Waals surface area contributed by atoms with Gasteiger partial charge in [0.15, 0.2) is 0 Å². The molecule has 0 saturated heterocycles. The van der Waals surface area contributed by atoms with Gasteiger partial charge >= 0.3 is 0 Å². The van der Waals surface area contributed by atoms with Crippen molar-refractivity contribution < 1.29 is 32.6 Å². The van der Waals surface area contributed by atoms with E-state index in [0.717, 1.165) is 25.5 Å². The second kappa shape index (κ2) is 14.6.